The summed E-state index contributed by atoms with van der Waals surface area (Å²) in [6, 6.07) is 20.3. The highest BCUT2D eigenvalue weighted by Gasteiger charge is 2.17. The number of para-hydroxylation sites is 1. The van der Waals surface area contributed by atoms with Crippen LogP contribution in [-0.4, -0.2) is 49.3 Å². The Morgan fingerprint density at radius 2 is 1.67 bits per heavy atom. The molecule has 0 amide bonds. The van der Waals surface area contributed by atoms with Gasteiger partial charge in [0.05, 0.1) is 5.52 Å². The highest BCUT2D eigenvalue weighted by atomic mass is 32.2. The molecule has 8 heteroatoms. The molecule has 0 aliphatic carbocycles. The average molecular weight is 495 g/mol. The molecule has 2 aromatic carbocycles. The van der Waals surface area contributed by atoms with Crippen molar-refractivity contribution in [2.24, 2.45) is 7.05 Å². The number of anilines is 1. The second-order valence-electron chi connectivity index (χ2n) is 8.69. The van der Waals surface area contributed by atoms with E-state index in [0.717, 1.165) is 69.4 Å². The fraction of sp³-hybridized carbons (Fsp3) is 0.214. The van der Waals surface area contributed by atoms with E-state index < -0.39 is 0 Å². The van der Waals surface area contributed by atoms with Crippen LogP contribution in [0.25, 0.3) is 33.3 Å². The third-order valence-electron chi connectivity index (χ3n) is 6.26. The van der Waals surface area contributed by atoms with E-state index in [4.69, 9.17) is 19.8 Å². The number of nitrogens with zero attached hydrogens (tertiary/aromatic N) is 6. The van der Waals surface area contributed by atoms with E-state index >= 15 is 0 Å². The number of thioether (sulfide) groups is 1. The van der Waals surface area contributed by atoms with Crippen molar-refractivity contribution in [1.82, 2.24) is 24.7 Å². The van der Waals surface area contributed by atoms with Crippen molar-refractivity contribution in [2.75, 3.05) is 29.5 Å². The summed E-state index contributed by atoms with van der Waals surface area (Å²) >= 11 is 1.99. The average Bonchev–Trinajstić information content (AvgIpc) is 3.34. The minimum atomic E-state index is 0.311. The summed E-state index contributed by atoms with van der Waals surface area (Å²) in [6.45, 7) is 2.32. The zero-order valence-electron chi connectivity index (χ0n) is 20.0. The Bertz CT molecular complexity index is 1480. The minimum absolute atomic E-state index is 0.311. The topological polar surface area (TPSA) is 69.0 Å². The lowest BCUT2D eigenvalue weighted by atomic mass is 10.0. The molecule has 0 atom stereocenters. The van der Waals surface area contributed by atoms with Crippen molar-refractivity contribution in [2.45, 2.75) is 6.61 Å². The van der Waals surface area contributed by atoms with Crippen LogP contribution in [0.4, 0.5) is 5.82 Å². The standard InChI is InChI=1S/C28H26N6OS/c1-33-18-24(20-10-12-29-13-11-20)27(32-33)21-6-8-22(9-7-21)35-19-26-30-25-5-3-2-4-23(25)28(31-26)34-14-16-36-17-15-34/h2-13,18H,14-17,19H2,1H3. The molecule has 0 spiro atoms. The van der Waals surface area contributed by atoms with Gasteiger partial charge in [0, 0.05) is 66.7 Å². The molecule has 5 aromatic rings. The van der Waals surface area contributed by atoms with Gasteiger partial charge in [-0.1, -0.05) is 12.1 Å². The van der Waals surface area contributed by atoms with E-state index in [9.17, 15) is 0 Å². The Labute approximate surface area is 214 Å². The number of hydrogen-bond acceptors (Lipinski definition) is 7. The predicted octanol–water partition coefficient (Wildman–Crippen LogP) is 5.22. The molecule has 0 radical (unpaired) electrons. The van der Waals surface area contributed by atoms with E-state index in [-0.39, 0.29) is 0 Å². The van der Waals surface area contributed by atoms with Gasteiger partial charge in [-0.3, -0.25) is 9.67 Å². The molecule has 1 aliphatic rings. The van der Waals surface area contributed by atoms with E-state index in [0.29, 0.717) is 12.4 Å². The zero-order chi connectivity index (χ0) is 24.3. The van der Waals surface area contributed by atoms with Gasteiger partial charge in [0.25, 0.3) is 0 Å². The maximum Gasteiger partial charge on any atom is 0.168 e. The molecule has 1 fully saturated rings. The lowest BCUT2D eigenvalue weighted by Crippen LogP contribution is -2.33. The molecule has 6 rings (SSSR count). The van der Waals surface area contributed by atoms with E-state index in [1.807, 2.05) is 84.3 Å². The number of benzene rings is 2. The number of rotatable bonds is 6. The number of pyridine rings is 1. The van der Waals surface area contributed by atoms with Gasteiger partial charge >= 0.3 is 0 Å². The predicted molar refractivity (Wildman–Crippen MR) is 145 cm³/mol. The maximum absolute atomic E-state index is 6.11. The third-order valence-corrected chi connectivity index (χ3v) is 7.20. The van der Waals surface area contributed by atoms with Crippen molar-refractivity contribution in [1.29, 1.82) is 0 Å². The van der Waals surface area contributed by atoms with E-state index in [2.05, 4.69) is 16.0 Å². The fourth-order valence-electron chi connectivity index (χ4n) is 4.49. The first-order chi connectivity index (χ1) is 17.7. The molecule has 4 heterocycles. The number of aromatic nitrogens is 5. The molecule has 1 aliphatic heterocycles. The molecule has 0 unspecified atom stereocenters. The largest absolute Gasteiger partial charge is 0.486 e. The van der Waals surface area contributed by atoms with Gasteiger partial charge in [-0.15, -0.1) is 0 Å². The van der Waals surface area contributed by atoms with Crippen LogP contribution in [0.15, 0.2) is 79.3 Å². The van der Waals surface area contributed by atoms with Crippen LogP contribution in [0.5, 0.6) is 5.75 Å². The second kappa shape index (κ2) is 9.99. The zero-order valence-corrected chi connectivity index (χ0v) is 20.9. The molecule has 0 N–H and O–H groups in total. The number of aryl methyl sites for hydroxylation is 1. The fourth-order valence-corrected chi connectivity index (χ4v) is 5.39. The van der Waals surface area contributed by atoms with Crippen molar-refractivity contribution in [3.05, 3.63) is 85.1 Å². The van der Waals surface area contributed by atoms with E-state index in [1.54, 1.807) is 12.4 Å². The molecule has 36 heavy (non-hydrogen) atoms. The van der Waals surface area contributed by atoms with Gasteiger partial charge in [0.15, 0.2) is 5.82 Å². The SMILES string of the molecule is Cn1cc(-c2ccncc2)c(-c2ccc(OCc3nc(N4CCSCC4)c4ccccc4n3)cc2)n1. The summed E-state index contributed by atoms with van der Waals surface area (Å²) in [4.78, 5) is 16.2. The van der Waals surface area contributed by atoms with Crippen LogP contribution >= 0.6 is 11.8 Å². The Hall–Kier alpha value is -3.91. The Balaban J connectivity index is 1.23. The molecule has 1 saturated heterocycles. The molecule has 7 nitrogen and oxygen atoms in total. The number of fused-ring (bicyclic) bond motifs is 1. The van der Waals surface area contributed by atoms with Crippen LogP contribution in [-0.2, 0) is 13.7 Å². The van der Waals surface area contributed by atoms with Gasteiger partial charge in [-0.2, -0.15) is 16.9 Å². The first kappa shape index (κ1) is 22.5. The lowest BCUT2D eigenvalue weighted by molar-refractivity contribution is 0.296. The molecule has 3 aromatic heterocycles. The number of hydrogen-bond donors (Lipinski definition) is 0. The highest BCUT2D eigenvalue weighted by molar-refractivity contribution is 7.99. The van der Waals surface area contributed by atoms with Crippen molar-refractivity contribution in [3.63, 3.8) is 0 Å². The highest BCUT2D eigenvalue weighted by Crippen LogP contribution is 2.32. The first-order valence-electron chi connectivity index (χ1n) is 12.0. The first-order valence-corrected chi connectivity index (χ1v) is 13.2. The summed E-state index contributed by atoms with van der Waals surface area (Å²) in [5, 5.41) is 5.79. The van der Waals surface area contributed by atoms with Gasteiger partial charge in [0.2, 0.25) is 0 Å². The summed E-state index contributed by atoms with van der Waals surface area (Å²) in [5.74, 6) is 4.71. The second-order valence-corrected chi connectivity index (χ2v) is 9.92. The van der Waals surface area contributed by atoms with Crippen LogP contribution < -0.4 is 9.64 Å². The minimum Gasteiger partial charge on any atom is -0.486 e. The summed E-state index contributed by atoms with van der Waals surface area (Å²) in [7, 11) is 1.94. The van der Waals surface area contributed by atoms with Crippen molar-refractivity contribution >= 4 is 28.5 Å². The summed E-state index contributed by atoms with van der Waals surface area (Å²) in [5.41, 5.74) is 5.07. The number of ether oxygens (including phenoxy) is 1. The Morgan fingerprint density at radius 3 is 2.47 bits per heavy atom. The molecular weight excluding hydrogens is 468 g/mol. The molecule has 180 valence electrons. The van der Waals surface area contributed by atoms with Crippen LogP contribution in [0, 0.1) is 0 Å². The van der Waals surface area contributed by atoms with E-state index in [1.165, 1.54) is 0 Å². The lowest BCUT2D eigenvalue weighted by Gasteiger charge is -2.28. The molecule has 0 bridgehead atoms. The van der Waals surface area contributed by atoms with Gasteiger partial charge in [0.1, 0.15) is 23.9 Å². The molecule has 0 saturated carbocycles. The smallest absolute Gasteiger partial charge is 0.168 e. The monoisotopic (exact) mass is 494 g/mol. The molecular formula is C28H26N6OS. The van der Waals surface area contributed by atoms with Crippen LogP contribution in [0.2, 0.25) is 0 Å². The summed E-state index contributed by atoms with van der Waals surface area (Å²) in [6.07, 6.45) is 5.63. The normalized spacial score (nSPS) is 13.8. The third kappa shape index (κ3) is 4.64. The van der Waals surface area contributed by atoms with Gasteiger partial charge in [-0.05, 0) is 54.1 Å². The Kier molecular flexibility index (Phi) is 6.26. The van der Waals surface area contributed by atoms with Crippen LogP contribution in [0.1, 0.15) is 5.82 Å². The van der Waals surface area contributed by atoms with Gasteiger partial charge in [-0.25, -0.2) is 9.97 Å². The Morgan fingerprint density at radius 1 is 0.889 bits per heavy atom. The van der Waals surface area contributed by atoms with Crippen molar-refractivity contribution in [3.8, 4) is 28.1 Å². The summed E-state index contributed by atoms with van der Waals surface area (Å²) < 4.78 is 7.95. The maximum atomic E-state index is 6.11. The quantitative estimate of drug-likeness (QED) is 0.320. The van der Waals surface area contributed by atoms with Crippen LogP contribution in [0.3, 0.4) is 0 Å². The van der Waals surface area contributed by atoms with Crippen molar-refractivity contribution < 1.29 is 4.74 Å². The van der Waals surface area contributed by atoms with Gasteiger partial charge < -0.3 is 9.64 Å².